The predicted octanol–water partition coefficient (Wildman–Crippen LogP) is 7.93. The van der Waals surface area contributed by atoms with E-state index in [0.717, 1.165) is 52.5 Å². The lowest BCUT2D eigenvalue weighted by Gasteiger charge is -2.40. The number of hydrogen-bond donors (Lipinski definition) is 1. The maximum atomic E-state index is 14.4. The molecule has 2 aliphatic heterocycles. The Morgan fingerprint density at radius 3 is 2.28 bits per heavy atom. The molecule has 7 nitrogen and oxygen atoms in total. The first-order valence-electron chi connectivity index (χ1n) is 17.0. The number of aliphatic imine (C=N–C) groups is 1. The second kappa shape index (κ2) is 14.5. The van der Waals surface area contributed by atoms with Crippen LogP contribution >= 0.6 is 0 Å². The van der Waals surface area contributed by atoms with Crippen molar-refractivity contribution in [3.05, 3.63) is 78.0 Å². The van der Waals surface area contributed by atoms with Gasteiger partial charge in [-0.15, -0.1) is 0 Å². The highest BCUT2D eigenvalue weighted by Gasteiger charge is 2.61. The number of nitrogens with zero attached hydrogens (tertiary/aromatic N) is 4. The summed E-state index contributed by atoms with van der Waals surface area (Å²) < 4.78 is 68.9. The van der Waals surface area contributed by atoms with Crippen molar-refractivity contribution < 1.29 is 36.6 Å². The molecule has 264 valence electrons. The number of aromatic nitrogens is 1. The number of fused-ring (bicyclic) bond motifs is 2. The summed E-state index contributed by atoms with van der Waals surface area (Å²) in [6.45, 7) is 2.57. The molecule has 2 fully saturated rings. The van der Waals surface area contributed by atoms with Crippen LogP contribution in [0, 0.1) is 5.41 Å². The Morgan fingerprint density at radius 1 is 0.940 bits per heavy atom. The Kier molecular flexibility index (Phi) is 10.3. The lowest BCUT2D eigenvalue weighted by molar-refractivity contribution is -0.231. The van der Waals surface area contributed by atoms with Crippen LogP contribution in [0.25, 0.3) is 32.8 Å². The van der Waals surface area contributed by atoms with Crippen molar-refractivity contribution in [3.8, 4) is 11.3 Å². The number of carboxylic acid groups (broad SMARTS) is 1. The molecular formula is C38H39F5N4O3. The molecule has 3 heterocycles. The monoisotopic (exact) mass is 694 g/mol. The van der Waals surface area contributed by atoms with Crippen molar-refractivity contribution in [2.75, 3.05) is 26.2 Å². The van der Waals surface area contributed by atoms with Gasteiger partial charge in [0.15, 0.2) is 0 Å². The minimum Gasteiger partial charge on any atom is -0.477 e. The molecule has 2 aliphatic rings. The number of likely N-dealkylation sites (tertiary alicyclic amines) is 2. The van der Waals surface area contributed by atoms with Crippen molar-refractivity contribution in [3.63, 3.8) is 0 Å². The van der Waals surface area contributed by atoms with Crippen LogP contribution in [0.2, 0.25) is 0 Å². The van der Waals surface area contributed by atoms with Crippen LogP contribution in [-0.2, 0) is 22.6 Å². The van der Waals surface area contributed by atoms with E-state index in [1.54, 1.807) is 18.2 Å². The van der Waals surface area contributed by atoms with Crippen LogP contribution in [-0.4, -0.2) is 82.3 Å². The lowest BCUT2D eigenvalue weighted by Crippen LogP contribution is -2.53. The number of carboxylic acids is 1. The predicted molar refractivity (Wildman–Crippen MR) is 182 cm³/mol. The fraction of sp³-hybridized carbons (Fsp3) is 0.421. The van der Waals surface area contributed by atoms with Gasteiger partial charge in [0.1, 0.15) is 11.1 Å². The van der Waals surface area contributed by atoms with Gasteiger partial charge in [0.05, 0.1) is 12.2 Å². The lowest BCUT2D eigenvalue weighted by atomic mass is 9.76. The number of alkyl halides is 5. The fourth-order valence-corrected chi connectivity index (χ4v) is 7.62. The largest absolute Gasteiger partial charge is 0.477 e. The van der Waals surface area contributed by atoms with E-state index in [0.29, 0.717) is 17.0 Å². The first kappa shape index (κ1) is 35.5. The van der Waals surface area contributed by atoms with Crippen LogP contribution < -0.4 is 0 Å². The summed E-state index contributed by atoms with van der Waals surface area (Å²) in [5.74, 6) is -3.24. The van der Waals surface area contributed by atoms with Crippen LogP contribution in [0.15, 0.2) is 71.9 Å². The van der Waals surface area contributed by atoms with E-state index in [9.17, 15) is 36.6 Å². The van der Waals surface area contributed by atoms with Crippen LogP contribution in [0.3, 0.4) is 0 Å². The molecule has 0 radical (unpaired) electrons. The van der Waals surface area contributed by atoms with Gasteiger partial charge in [-0.05, 0) is 79.0 Å². The summed E-state index contributed by atoms with van der Waals surface area (Å²) in [5, 5.41) is 13.5. The number of piperidine rings is 1. The molecule has 0 aliphatic carbocycles. The first-order chi connectivity index (χ1) is 23.9. The van der Waals surface area contributed by atoms with Gasteiger partial charge < -0.3 is 5.11 Å². The Labute approximate surface area is 286 Å². The van der Waals surface area contributed by atoms with Crippen LogP contribution in [0.4, 0.5) is 22.0 Å². The number of amides is 1. The number of rotatable bonds is 10. The zero-order valence-electron chi connectivity index (χ0n) is 27.7. The topological polar surface area (TPSA) is 86.1 Å². The van der Waals surface area contributed by atoms with Gasteiger partial charge in [-0.25, -0.2) is 18.6 Å². The molecule has 4 aromatic rings. The van der Waals surface area contributed by atoms with E-state index in [4.69, 9.17) is 4.98 Å². The molecule has 3 aromatic carbocycles. The number of carbonyl (C=O) groups excluding carboxylic acids is 1. The van der Waals surface area contributed by atoms with Gasteiger partial charge in [-0.3, -0.25) is 19.6 Å². The van der Waals surface area contributed by atoms with Crippen molar-refractivity contribution in [1.29, 1.82) is 0 Å². The minimum atomic E-state index is -5.04. The summed E-state index contributed by atoms with van der Waals surface area (Å²) in [6.07, 6.45) is -4.38. The van der Waals surface area contributed by atoms with Crippen molar-refractivity contribution in [2.24, 2.45) is 10.4 Å². The summed E-state index contributed by atoms with van der Waals surface area (Å²) in [6, 6.07) is 19.4. The summed E-state index contributed by atoms with van der Waals surface area (Å²) in [4.78, 5) is 37.8. The Morgan fingerprint density at radius 2 is 1.60 bits per heavy atom. The summed E-state index contributed by atoms with van der Waals surface area (Å²) >= 11 is 0. The van der Waals surface area contributed by atoms with Gasteiger partial charge in [0.2, 0.25) is 0 Å². The molecule has 0 bridgehead atoms. The third-order valence-corrected chi connectivity index (χ3v) is 10.4. The van der Waals surface area contributed by atoms with Crippen LogP contribution in [0.5, 0.6) is 0 Å². The summed E-state index contributed by atoms with van der Waals surface area (Å²) in [7, 11) is 0. The quantitative estimate of drug-likeness (QED) is 0.134. The number of carbonyl (C=O) groups is 2. The molecule has 1 N–H and O–H groups in total. The number of halogens is 5. The molecule has 2 saturated heterocycles. The Balaban J connectivity index is 1.34. The third kappa shape index (κ3) is 7.00. The van der Waals surface area contributed by atoms with Gasteiger partial charge in [-0.2, -0.15) is 13.2 Å². The van der Waals surface area contributed by atoms with E-state index in [1.807, 2.05) is 42.6 Å². The van der Waals surface area contributed by atoms with Gasteiger partial charge in [0.25, 0.3) is 12.3 Å². The highest BCUT2D eigenvalue weighted by atomic mass is 19.4. The van der Waals surface area contributed by atoms with E-state index >= 15 is 0 Å². The fourth-order valence-electron chi connectivity index (χ4n) is 7.62. The number of hydrogen-bond acceptors (Lipinski definition) is 5. The molecule has 1 amide bonds. The molecule has 50 heavy (non-hydrogen) atoms. The van der Waals surface area contributed by atoms with E-state index < -0.39 is 61.4 Å². The minimum absolute atomic E-state index is 0.388. The second-order valence-corrected chi connectivity index (χ2v) is 13.3. The van der Waals surface area contributed by atoms with Gasteiger partial charge in [-0.1, -0.05) is 67.6 Å². The maximum Gasteiger partial charge on any atom is 0.403 e. The van der Waals surface area contributed by atoms with Crippen molar-refractivity contribution in [2.45, 2.75) is 70.6 Å². The second-order valence-electron chi connectivity index (χ2n) is 13.3. The smallest absolute Gasteiger partial charge is 0.403 e. The molecule has 0 spiro atoms. The number of benzene rings is 3. The zero-order chi connectivity index (χ0) is 35.6. The first-order valence-corrected chi connectivity index (χ1v) is 17.0. The maximum absolute atomic E-state index is 14.4. The zero-order valence-corrected chi connectivity index (χ0v) is 27.7. The Hall–Kier alpha value is -4.29. The highest BCUT2D eigenvalue weighted by molar-refractivity contribution is 6.38. The molecule has 1 aromatic heterocycles. The van der Waals surface area contributed by atoms with Crippen LogP contribution in [0.1, 0.15) is 50.2 Å². The van der Waals surface area contributed by atoms with E-state index in [1.165, 1.54) is 17.7 Å². The summed E-state index contributed by atoms with van der Waals surface area (Å²) in [5.41, 5.74) is -0.541. The van der Waals surface area contributed by atoms with Crippen molar-refractivity contribution in [1.82, 2.24) is 14.8 Å². The van der Waals surface area contributed by atoms with Crippen molar-refractivity contribution >= 4 is 39.1 Å². The standard InChI is InChI=1S/C38H39F5N4O3/c1-2-26-9-7-17-47(26)22-25-21-44-34(30-11-4-3-10-28(25)30)31-14-6-12-27-24(8-5-13-29(27)31)20-32(35(48)49)45-36(50)37(38(41,42)43)15-18-46(19-16-37)23-33(39)40/h3-6,8,10-14,21,26,33H,2,7,9,15-20,22-23H2,1H3,(H,48,49)/t26-/m1/s1. The number of aliphatic carboxylic acids is 1. The van der Waals surface area contributed by atoms with E-state index in [2.05, 4.69) is 22.9 Å². The molecule has 0 saturated carbocycles. The molecule has 6 rings (SSSR count). The van der Waals surface area contributed by atoms with E-state index in [-0.39, 0.29) is 13.1 Å². The Bertz CT molecular complexity index is 1920. The highest BCUT2D eigenvalue weighted by Crippen LogP contribution is 2.47. The third-order valence-electron chi connectivity index (χ3n) is 10.4. The van der Waals surface area contributed by atoms with Gasteiger partial charge in [0, 0.05) is 36.2 Å². The number of pyridine rings is 1. The molecule has 1 atom stereocenters. The molecule has 0 unspecified atom stereocenters. The average molecular weight is 695 g/mol. The normalized spacial score (nSPS) is 19.1. The van der Waals surface area contributed by atoms with Gasteiger partial charge >= 0.3 is 12.1 Å². The SMILES string of the molecule is CC[C@@H]1CCCN1Cc1cnc(-c2cccc3c(CC(=NC(=O)C4(C(F)(F)F)CCN(CC(F)F)CC4)C(=O)O)cccc23)c2ccccc12. The molecule has 12 heteroatoms. The average Bonchev–Trinajstić information content (AvgIpc) is 3.54. The molecular weight excluding hydrogens is 655 g/mol.